The van der Waals surface area contributed by atoms with Crippen LogP contribution in [0.1, 0.15) is 38.2 Å². The SMILES string of the molecule is CCNC(=NCc1cccc(F)c1)NCCCCCC(=O)OC.I. The Morgan fingerprint density at radius 2 is 2.04 bits per heavy atom. The van der Waals surface area contributed by atoms with Gasteiger partial charge in [-0.05, 0) is 37.5 Å². The minimum atomic E-state index is -0.249. The van der Waals surface area contributed by atoms with Gasteiger partial charge in [-0.1, -0.05) is 18.6 Å². The summed E-state index contributed by atoms with van der Waals surface area (Å²) in [5.74, 6) is 0.300. The number of rotatable bonds is 9. The highest BCUT2D eigenvalue weighted by molar-refractivity contribution is 14.0. The summed E-state index contributed by atoms with van der Waals surface area (Å²) in [6.07, 6.45) is 3.18. The molecule has 0 radical (unpaired) electrons. The predicted molar refractivity (Wildman–Crippen MR) is 105 cm³/mol. The summed E-state index contributed by atoms with van der Waals surface area (Å²) in [4.78, 5) is 15.4. The zero-order valence-corrected chi connectivity index (χ0v) is 16.6. The van der Waals surface area contributed by atoms with E-state index in [1.807, 2.05) is 13.0 Å². The summed E-state index contributed by atoms with van der Waals surface area (Å²) in [5.41, 5.74) is 0.834. The van der Waals surface area contributed by atoms with E-state index in [-0.39, 0.29) is 35.8 Å². The van der Waals surface area contributed by atoms with Crippen molar-refractivity contribution < 1.29 is 13.9 Å². The van der Waals surface area contributed by atoms with E-state index in [1.165, 1.54) is 19.2 Å². The number of nitrogens with zero attached hydrogens (tertiary/aromatic N) is 1. The number of carbonyl (C=O) groups excluding carboxylic acids is 1. The second-order valence-electron chi connectivity index (χ2n) is 5.14. The predicted octanol–water partition coefficient (Wildman–Crippen LogP) is 3.23. The van der Waals surface area contributed by atoms with Crippen LogP contribution in [0.15, 0.2) is 29.3 Å². The molecule has 7 heteroatoms. The molecule has 0 aliphatic rings. The molecule has 0 fully saturated rings. The second-order valence-corrected chi connectivity index (χ2v) is 5.14. The van der Waals surface area contributed by atoms with E-state index in [2.05, 4.69) is 20.4 Å². The molecule has 0 saturated heterocycles. The number of methoxy groups -OCH3 is 1. The van der Waals surface area contributed by atoms with Gasteiger partial charge in [-0.2, -0.15) is 0 Å². The van der Waals surface area contributed by atoms with E-state index in [9.17, 15) is 9.18 Å². The molecule has 0 aliphatic heterocycles. The molecular weight excluding hydrogens is 424 g/mol. The molecule has 1 aromatic rings. The third-order valence-corrected chi connectivity index (χ3v) is 3.23. The Hall–Kier alpha value is -1.38. The van der Waals surface area contributed by atoms with Gasteiger partial charge in [0.2, 0.25) is 0 Å². The third kappa shape index (κ3) is 10.4. The highest BCUT2D eigenvalue weighted by Crippen LogP contribution is 2.04. The number of hydrogen-bond donors (Lipinski definition) is 2. The molecular formula is C17H27FIN3O2. The van der Waals surface area contributed by atoms with Crippen molar-refractivity contribution in [3.8, 4) is 0 Å². The van der Waals surface area contributed by atoms with Crippen molar-refractivity contribution in [3.05, 3.63) is 35.6 Å². The van der Waals surface area contributed by atoms with E-state index in [1.54, 1.807) is 6.07 Å². The minimum absolute atomic E-state index is 0. The van der Waals surface area contributed by atoms with E-state index in [4.69, 9.17) is 0 Å². The van der Waals surface area contributed by atoms with E-state index >= 15 is 0 Å². The van der Waals surface area contributed by atoms with Gasteiger partial charge in [0.25, 0.3) is 0 Å². The van der Waals surface area contributed by atoms with Crippen LogP contribution in [0.5, 0.6) is 0 Å². The maximum absolute atomic E-state index is 13.1. The fourth-order valence-electron chi connectivity index (χ4n) is 2.03. The van der Waals surface area contributed by atoms with E-state index < -0.39 is 0 Å². The number of esters is 1. The summed E-state index contributed by atoms with van der Waals surface area (Å²) in [6, 6.07) is 6.44. The normalized spacial score (nSPS) is 10.7. The summed E-state index contributed by atoms with van der Waals surface area (Å²) in [7, 11) is 1.40. The molecule has 0 atom stereocenters. The smallest absolute Gasteiger partial charge is 0.305 e. The molecule has 1 rings (SSSR count). The molecule has 0 aromatic heterocycles. The van der Waals surface area contributed by atoms with Gasteiger partial charge in [0.1, 0.15) is 5.82 Å². The number of carbonyl (C=O) groups is 1. The Bertz CT molecular complexity index is 512. The number of guanidine groups is 1. The molecule has 0 heterocycles. The van der Waals surface area contributed by atoms with Crippen molar-refractivity contribution in [2.45, 2.75) is 39.2 Å². The van der Waals surface area contributed by atoms with Gasteiger partial charge < -0.3 is 15.4 Å². The zero-order chi connectivity index (χ0) is 16.9. The van der Waals surface area contributed by atoms with Crippen LogP contribution >= 0.6 is 24.0 Å². The Morgan fingerprint density at radius 3 is 2.71 bits per heavy atom. The lowest BCUT2D eigenvalue weighted by Crippen LogP contribution is -2.37. The molecule has 5 nitrogen and oxygen atoms in total. The average Bonchev–Trinajstić information content (AvgIpc) is 2.55. The number of ether oxygens (including phenoxy) is 1. The quantitative estimate of drug-likeness (QED) is 0.199. The van der Waals surface area contributed by atoms with Crippen molar-refractivity contribution in [1.29, 1.82) is 0 Å². The number of hydrogen-bond acceptors (Lipinski definition) is 3. The van der Waals surface area contributed by atoms with Crippen LogP contribution in [-0.4, -0.2) is 32.1 Å². The number of aliphatic imine (C=N–C) groups is 1. The molecule has 0 spiro atoms. The maximum atomic E-state index is 13.1. The van der Waals surface area contributed by atoms with Crippen LogP contribution in [0.2, 0.25) is 0 Å². The van der Waals surface area contributed by atoms with Crippen LogP contribution in [-0.2, 0) is 16.1 Å². The highest BCUT2D eigenvalue weighted by atomic mass is 127. The lowest BCUT2D eigenvalue weighted by molar-refractivity contribution is -0.140. The Labute approximate surface area is 160 Å². The molecule has 24 heavy (non-hydrogen) atoms. The zero-order valence-electron chi connectivity index (χ0n) is 14.3. The van der Waals surface area contributed by atoms with Crippen LogP contribution < -0.4 is 10.6 Å². The van der Waals surface area contributed by atoms with Crippen LogP contribution in [0.4, 0.5) is 4.39 Å². The standard InChI is InChI=1S/C17H26FN3O2.HI/c1-3-19-17(20-11-6-4-5-10-16(22)23-2)21-13-14-8-7-9-15(18)12-14;/h7-9,12H,3-6,10-11,13H2,1-2H3,(H2,19,20,21);1H. The van der Waals surface area contributed by atoms with Crippen LogP contribution in [0.3, 0.4) is 0 Å². The molecule has 0 amide bonds. The third-order valence-electron chi connectivity index (χ3n) is 3.23. The van der Waals surface area contributed by atoms with E-state index in [0.717, 1.165) is 37.9 Å². The largest absolute Gasteiger partial charge is 0.469 e. The molecule has 0 aliphatic carbocycles. The monoisotopic (exact) mass is 451 g/mol. The van der Waals surface area contributed by atoms with Gasteiger partial charge in [0.15, 0.2) is 5.96 Å². The highest BCUT2D eigenvalue weighted by Gasteiger charge is 2.01. The van der Waals surface area contributed by atoms with Crippen molar-refractivity contribution in [3.63, 3.8) is 0 Å². The topological polar surface area (TPSA) is 62.7 Å². The van der Waals surface area contributed by atoms with Gasteiger partial charge in [0, 0.05) is 19.5 Å². The summed E-state index contributed by atoms with van der Waals surface area (Å²) in [6.45, 7) is 3.96. The molecule has 1 aromatic carbocycles. The Kier molecular flexibility index (Phi) is 13.2. The average molecular weight is 451 g/mol. The Balaban J connectivity index is 0.00000529. The lowest BCUT2D eigenvalue weighted by atomic mass is 10.2. The molecule has 0 unspecified atom stereocenters. The number of benzene rings is 1. The Morgan fingerprint density at radius 1 is 1.25 bits per heavy atom. The fraction of sp³-hybridized carbons (Fsp3) is 0.529. The van der Waals surface area contributed by atoms with E-state index in [0.29, 0.717) is 18.9 Å². The van der Waals surface area contributed by atoms with Crippen molar-refractivity contribution in [2.24, 2.45) is 4.99 Å². The van der Waals surface area contributed by atoms with Crippen molar-refractivity contribution in [2.75, 3.05) is 20.2 Å². The number of halogens is 2. The van der Waals surface area contributed by atoms with Crippen molar-refractivity contribution >= 4 is 35.9 Å². The molecule has 2 N–H and O–H groups in total. The molecule has 0 saturated carbocycles. The first-order valence-corrected chi connectivity index (χ1v) is 7.99. The first-order chi connectivity index (χ1) is 11.2. The summed E-state index contributed by atoms with van der Waals surface area (Å²) in [5, 5.41) is 6.39. The first-order valence-electron chi connectivity index (χ1n) is 7.99. The number of nitrogens with one attached hydrogen (secondary N) is 2. The summed E-state index contributed by atoms with van der Waals surface area (Å²) < 4.78 is 17.7. The second kappa shape index (κ2) is 14.0. The summed E-state index contributed by atoms with van der Waals surface area (Å²) >= 11 is 0. The van der Waals surface area contributed by atoms with Gasteiger partial charge in [-0.25, -0.2) is 9.38 Å². The van der Waals surface area contributed by atoms with Gasteiger partial charge in [0.05, 0.1) is 13.7 Å². The van der Waals surface area contributed by atoms with Gasteiger partial charge in [-0.15, -0.1) is 24.0 Å². The first kappa shape index (κ1) is 22.6. The van der Waals surface area contributed by atoms with Crippen LogP contribution in [0, 0.1) is 5.82 Å². The fourth-order valence-corrected chi connectivity index (χ4v) is 2.03. The van der Waals surface area contributed by atoms with Crippen LogP contribution in [0.25, 0.3) is 0 Å². The minimum Gasteiger partial charge on any atom is -0.469 e. The molecule has 136 valence electrons. The van der Waals surface area contributed by atoms with Crippen molar-refractivity contribution in [1.82, 2.24) is 10.6 Å². The molecule has 0 bridgehead atoms. The lowest BCUT2D eigenvalue weighted by Gasteiger charge is -2.11. The number of unbranched alkanes of at least 4 members (excludes halogenated alkanes) is 2. The van der Waals surface area contributed by atoms with Gasteiger partial charge in [-0.3, -0.25) is 4.79 Å². The van der Waals surface area contributed by atoms with Gasteiger partial charge >= 0.3 is 5.97 Å². The maximum Gasteiger partial charge on any atom is 0.305 e.